The number of fused-ring (bicyclic) bond motifs is 3. The Morgan fingerprint density at radius 2 is 1.90 bits per heavy atom. The van der Waals surface area contributed by atoms with E-state index in [9.17, 15) is 18.0 Å². The standard InChI is InChI=1S/C27H24ClF3N4O4S2/c1-37-19-6-4-5-16(23(19)39-3)24-17-11-14(28)7-9-18(17)35-25(33-34-26(35)27(29,30)31)20(41-24)12-21-32-13-15(40-21)8-10-22(36)38-2/h4-7,9,11,13,20,24H,8,10,12H2,1-3H3/t20-,24-/m0/s1. The van der Waals surface area contributed by atoms with Crippen LogP contribution in [0.25, 0.3) is 5.69 Å². The maximum atomic E-state index is 14.2. The van der Waals surface area contributed by atoms with E-state index in [0.717, 1.165) is 9.44 Å². The lowest BCUT2D eigenvalue weighted by Crippen LogP contribution is -2.16. The summed E-state index contributed by atoms with van der Waals surface area (Å²) in [5.74, 6) is -0.372. The molecule has 2 aromatic heterocycles. The lowest BCUT2D eigenvalue weighted by atomic mass is 10.0. The van der Waals surface area contributed by atoms with Crippen molar-refractivity contribution in [3.05, 3.63) is 80.3 Å². The Balaban J connectivity index is 1.65. The first-order valence-electron chi connectivity index (χ1n) is 12.3. The number of nitrogens with zero attached hydrogens (tertiary/aromatic N) is 4. The van der Waals surface area contributed by atoms with Crippen molar-refractivity contribution in [3.8, 4) is 17.2 Å². The third-order valence-corrected chi connectivity index (χ3v) is 9.32. The van der Waals surface area contributed by atoms with Gasteiger partial charge in [0.15, 0.2) is 17.3 Å². The molecule has 0 N–H and O–H groups in total. The Kier molecular flexibility index (Phi) is 8.48. The number of benzene rings is 2. The van der Waals surface area contributed by atoms with Crippen LogP contribution in [0.1, 0.15) is 49.6 Å². The molecule has 41 heavy (non-hydrogen) atoms. The zero-order valence-corrected chi connectivity index (χ0v) is 24.5. The molecule has 0 aliphatic carbocycles. The Morgan fingerprint density at radius 1 is 1.10 bits per heavy atom. The van der Waals surface area contributed by atoms with Crippen LogP contribution >= 0.6 is 34.7 Å². The largest absolute Gasteiger partial charge is 0.493 e. The molecule has 0 saturated heterocycles. The third kappa shape index (κ3) is 5.88. The summed E-state index contributed by atoms with van der Waals surface area (Å²) in [6, 6.07) is 10.2. The molecule has 0 bridgehead atoms. The summed E-state index contributed by atoms with van der Waals surface area (Å²) in [6.45, 7) is 0. The molecule has 0 fully saturated rings. The summed E-state index contributed by atoms with van der Waals surface area (Å²) in [6.07, 6.45) is -2.16. The Morgan fingerprint density at radius 3 is 2.61 bits per heavy atom. The van der Waals surface area contributed by atoms with Crippen LogP contribution in [0.3, 0.4) is 0 Å². The molecule has 0 unspecified atom stereocenters. The number of carbonyl (C=O) groups excluding carboxylic acids is 1. The molecule has 1 aliphatic rings. The van der Waals surface area contributed by atoms with Crippen LogP contribution in [0.4, 0.5) is 13.2 Å². The van der Waals surface area contributed by atoms with E-state index < -0.39 is 22.5 Å². The number of rotatable bonds is 8. The van der Waals surface area contributed by atoms with Gasteiger partial charge < -0.3 is 14.2 Å². The molecular formula is C27H24ClF3N4O4S2. The number of thioether (sulfide) groups is 1. The highest BCUT2D eigenvalue weighted by atomic mass is 35.5. The lowest BCUT2D eigenvalue weighted by molar-refractivity contribution is -0.146. The van der Waals surface area contributed by atoms with Crippen molar-refractivity contribution in [2.24, 2.45) is 0 Å². The Hall–Kier alpha value is -3.29. The monoisotopic (exact) mass is 624 g/mol. The maximum absolute atomic E-state index is 14.2. The number of para-hydroxylation sites is 1. The average molecular weight is 625 g/mol. The molecule has 0 radical (unpaired) electrons. The molecule has 2 aromatic carbocycles. The number of aryl methyl sites for hydroxylation is 1. The van der Waals surface area contributed by atoms with Crippen LogP contribution in [0.15, 0.2) is 42.6 Å². The van der Waals surface area contributed by atoms with Gasteiger partial charge in [-0.15, -0.1) is 33.3 Å². The Labute approximate surface area is 246 Å². The second-order valence-electron chi connectivity index (χ2n) is 9.01. The van der Waals surface area contributed by atoms with Crippen molar-refractivity contribution in [3.63, 3.8) is 0 Å². The number of hydrogen-bond acceptors (Lipinski definition) is 9. The van der Waals surface area contributed by atoms with Crippen molar-refractivity contribution >= 4 is 40.7 Å². The number of alkyl halides is 3. The number of esters is 1. The number of halogens is 4. The molecule has 8 nitrogen and oxygen atoms in total. The smallest absolute Gasteiger partial charge is 0.452 e. The summed E-state index contributed by atoms with van der Waals surface area (Å²) in [7, 11) is 4.36. The first kappa shape index (κ1) is 29.2. The minimum atomic E-state index is -4.76. The number of thiazole rings is 1. The van der Waals surface area contributed by atoms with E-state index in [1.807, 2.05) is 6.07 Å². The fraction of sp³-hybridized carbons (Fsp3) is 0.333. The zero-order chi connectivity index (χ0) is 29.3. The van der Waals surface area contributed by atoms with Gasteiger partial charge in [-0.25, -0.2) is 4.98 Å². The fourth-order valence-corrected chi connectivity index (χ4v) is 7.48. The summed E-state index contributed by atoms with van der Waals surface area (Å²) in [4.78, 5) is 17.0. The van der Waals surface area contributed by atoms with Gasteiger partial charge in [0, 0.05) is 28.1 Å². The van der Waals surface area contributed by atoms with E-state index in [1.54, 1.807) is 36.5 Å². The van der Waals surface area contributed by atoms with Crippen LogP contribution < -0.4 is 9.47 Å². The molecule has 5 rings (SSSR count). The second kappa shape index (κ2) is 11.9. The maximum Gasteiger partial charge on any atom is 0.452 e. The normalized spacial score (nSPS) is 16.5. The summed E-state index contributed by atoms with van der Waals surface area (Å²) >= 11 is 9.21. The molecule has 1 aliphatic heterocycles. The zero-order valence-electron chi connectivity index (χ0n) is 22.1. The first-order chi connectivity index (χ1) is 19.6. The van der Waals surface area contributed by atoms with Gasteiger partial charge in [-0.05, 0) is 36.2 Å². The molecule has 2 atom stereocenters. The van der Waals surface area contributed by atoms with Crippen LogP contribution in [0.5, 0.6) is 11.5 Å². The topological polar surface area (TPSA) is 88.4 Å². The average Bonchev–Trinajstić information content (AvgIpc) is 3.58. The van der Waals surface area contributed by atoms with Gasteiger partial charge in [-0.1, -0.05) is 23.7 Å². The van der Waals surface area contributed by atoms with E-state index in [-0.39, 0.29) is 30.3 Å². The molecular weight excluding hydrogens is 601 g/mol. The van der Waals surface area contributed by atoms with Crippen molar-refractivity contribution in [2.75, 3.05) is 21.3 Å². The van der Waals surface area contributed by atoms with Crippen LogP contribution in [0.2, 0.25) is 5.02 Å². The molecule has 14 heteroatoms. The predicted molar refractivity (Wildman–Crippen MR) is 149 cm³/mol. The number of ether oxygens (including phenoxy) is 3. The highest BCUT2D eigenvalue weighted by Gasteiger charge is 2.43. The molecule has 4 aromatic rings. The van der Waals surface area contributed by atoms with E-state index in [1.165, 1.54) is 44.4 Å². The summed E-state index contributed by atoms with van der Waals surface area (Å²) in [5, 5.41) is 7.59. The van der Waals surface area contributed by atoms with Crippen molar-refractivity contribution in [2.45, 2.75) is 35.9 Å². The van der Waals surface area contributed by atoms with Crippen molar-refractivity contribution in [1.29, 1.82) is 0 Å². The van der Waals surface area contributed by atoms with Gasteiger partial charge in [0.25, 0.3) is 0 Å². The molecule has 0 saturated carbocycles. The third-order valence-electron chi connectivity index (χ3n) is 6.52. The number of methoxy groups -OCH3 is 3. The van der Waals surface area contributed by atoms with E-state index in [2.05, 4.69) is 15.2 Å². The number of hydrogen-bond donors (Lipinski definition) is 0. The minimum absolute atomic E-state index is 0.140. The van der Waals surface area contributed by atoms with Gasteiger partial charge in [-0.3, -0.25) is 9.36 Å². The highest BCUT2D eigenvalue weighted by molar-refractivity contribution is 8.00. The van der Waals surface area contributed by atoms with Crippen LogP contribution in [0, 0.1) is 0 Å². The van der Waals surface area contributed by atoms with Gasteiger partial charge in [0.05, 0.1) is 48.9 Å². The van der Waals surface area contributed by atoms with E-state index in [0.29, 0.717) is 39.1 Å². The van der Waals surface area contributed by atoms with E-state index in [4.69, 9.17) is 25.8 Å². The van der Waals surface area contributed by atoms with E-state index >= 15 is 0 Å². The van der Waals surface area contributed by atoms with Crippen molar-refractivity contribution < 1.29 is 32.2 Å². The summed E-state index contributed by atoms with van der Waals surface area (Å²) in [5.41, 5.74) is 1.51. The molecule has 216 valence electrons. The summed E-state index contributed by atoms with van der Waals surface area (Å²) < 4.78 is 59.8. The first-order valence-corrected chi connectivity index (χ1v) is 14.5. The van der Waals surface area contributed by atoms with Gasteiger partial charge in [-0.2, -0.15) is 13.2 Å². The van der Waals surface area contributed by atoms with Crippen molar-refractivity contribution in [1.82, 2.24) is 19.7 Å². The lowest BCUT2D eigenvalue weighted by Gasteiger charge is -2.23. The quantitative estimate of drug-likeness (QED) is 0.202. The van der Waals surface area contributed by atoms with Gasteiger partial charge in [0.1, 0.15) is 0 Å². The van der Waals surface area contributed by atoms with Gasteiger partial charge >= 0.3 is 12.1 Å². The molecule has 3 heterocycles. The fourth-order valence-electron chi connectivity index (χ4n) is 4.71. The SMILES string of the molecule is COC(=O)CCc1cnc(C[C@@H]2S[C@@H](c3cccc(OC)c3OC)c3cc(Cl)ccc3-n3c2nnc3C(F)(F)F)s1. The second-order valence-corrected chi connectivity index (χ2v) is 12.0. The predicted octanol–water partition coefficient (Wildman–Crippen LogP) is 6.64. The van der Waals surface area contributed by atoms with Crippen LogP contribution in [-0.4, -0.2) is 47.0 Å². The number of carbonyl (C=O) groups is 1. The number of aromatic nitrogens is 4. The highest BCUT2D eigenvalue weighted by Crippen LogP contribution is 2.54. The molecule has 0 amide bonds. The van der Waals surface area contributed by atoms with Crippen LogP contribution in [-0.2, 0) is 28.5 Å². The van der Waals surface area contributed by atoms with Gasteiger partial charge in [0.2, 0.25) is 5.82 Å². The molecule has 0 spiro atoms. The Bertz CT molecular complexity index is 1580. The minimum Gasteiger partial charge on any atom is -0.493 e.